The molecule has 1 N–H and O–H groups in total. The molecule has 8 heteroatoms. The smallest absolute Gasteiger partial charge is 0.170 e. The van der Waals surface area contributed by atoms with Gasteiger partial charge in [-0.05, 0) is 68.4 Å². The molecule has 2 atom stereocenters. The van der Waals surface area contributed by atoms with E-state index in [2.05, 4.69) is 33.1 Å². The highest BCUT2D eigenvalue weighted by Gasteiger charge is 2.41. The highest BCUT2D eigenvalue weighted by Crippen LogP contribution is 2.41. The average molecular weight is 494 g/mol. The largest absolute Gasteiger partial charge is 0.379 e. The number of nitrogens with one attached hydrogen (secondary N) is 1. The van der Waals surface area contributed by atoms with Gasteiger partial charge >= 0.3 is 0 Å². The van der Waals surface area contributed by atoms with Gasteiger partial charge in [0.25, 0.3) is 0 Å². The van der Waals surface area contributed by atoms with Crippen molar-refractivity contribution in [3.05, 3.63) is 83.2 Å². The zero-order valence-corrected chi connectivity index (χ0v) is 21.1. The zero-order valence-electron chi connectivity index (χ0n) is 20.3. The summed E-state index contributed by atoms with van der Waals surface area (Å²) in [4.78, 5) is 9.40. The van der Waals surface area contributed by atoms with Crippen molar-refractivity contribution in [1.82, 2.24) is 24.7 Å². The van der Waals surface area contributed by atoms with E-state index in [-0.39, 0.29) is 17.9 Å². The second-order valence-electron chi connectivity index (χ2n) is 9.24. The summed E-state index contributed by atoms with van der Waals surface area (Å²) in [6.45, 7) is 9.50. The number of para-hydroxylation sites is 1. The minimum absolute atomic E-state index is 0.0335. The minimum atomic E-state index is -0.232. The van der Waals surface area contributed by atoms with Crippen LogP contribution in [0.2, 0.25) is 0 Å². The van der Waals surface area contributed by atoms with Crippen LogP contribution < -0.4 is 5.32 Å². The molecule has 1 aromatic carbocycles. The number of halogens is 1. The van der Waals surface area contributed by atoms with Gasteiger partial charge in [0.15, 0.2) is 5.11 Å². The van der Waals surface area contributed by atoms with Crippen molar-refractivity contribution in [2.24, 2.45) is 0 Å². The quantitative estimate of drug-likeness (QED) is 0.495. The van der Waals surface area contributed by atoms with E-state index in [4.69, 9.17) is 17.0 Å². The Morgan fingerprint density at radius 2 is 1.86 bits per heavy atom. The number of aromatic nitrogens is 2. The van der Waals surface area contributed by atoms with Gasteiger partial charge in [-0.3, -0.25) is 9.88 Å². The molecule has 0 spiro atoms. The van der Waals surface area contributed by atoms with Crippen molar-refractivity contribution >= 4 is 17.3 Å². The molecule has 2 fully saturated rings. The van der Waals surface area contributed by atoms with Crippen LogP contribution in [-0.2, 0) is 4.74 Å². The van der Waals surface area contributed by atoms with E-state index in [1.54, 1.807) is 6.07 Å². The summed E-state index contributed by atoms with van der Waals surface area (Å²) in [6, 6.07) is 15.0. The minimum Gasteiger partial charge on any atom is -0.379 e. The fourth-order valence-corrected chi connectivity index (χ4v) is 5.70. The standard InChI is InChI=1S/C27H32FN5OS/c1-19-18-21(20(2)33(19)24-10-4-3-8-22(24)28)26-25(23-9-5-6-11-29-23)30-27(35)32(26)13-7-12-31-14-16-34-17-15-31/h3-6,8-11,18,25-26H,7,12-17H2,1-2H3,(H,30,35)/t25-,26-/m1/s1. The summed E-state index contributed by atoms with van der Waals surface area (Å²) >= 11 is 5.85. The molecule has 4 heterocycles. The Bertz CT molecular complexity index is 1180. The molecule has 0 aliphatic carbocycles. The molecule has 5 rings (SSSR count). The average Bonchev–Trinajstić information content (AvgIpc) is 3.35. The first kappa shape index (κ1) is 23.9. The molecule has 184 valence electrons. The number of hydrogen-bond donors (Lipinski definition) is 1. The Labute approximate surface area is 211 Å². The molecule has 0 bridgehead atoms. The predicted octanol–water partition coefficient (Wildman–Crippen LogP) is 4.32. The van der Waals surface area contributed by atoms with E-state index in [9.17, 15) is 4.39 Å². The summed E-state index contributed by atoms with van der Waals surface area (Å²) < 4.78 is 22.3. The molecule has 3 aromatic rings. The van der Waals surface area contributed by atoms with Gasteiger partial charge in [0, 0.05) is 43.8 Å². The summed E-state index contributed by atoms with van der Waals surface area (Å²) in [5, 5.41) is 4.28. The van der Waals surface area contributed by atoms with Gasteiger partial charge in [-0.1, -0.05) is 18.2 Å². The van der Waals surface area contributed by atoms with Crippen LogP contribution in [0.1, 0.15) is 41.1 Å². The molecule has 0 saturated carbocycles. The number of hydrogen-bond acceptors (Lipinski definition) is 4. The summed E-state index contributed by atoms with van der Waals surface area (Å²) in [7, 11) is 0. The fourth-order valence-electron chi connectivity index (χ4n) is 5.37. The second kappa shape index (κ2) is 10.4. The number of rotatable bonds is 7. The Morgan fingerprint density at radius 1 is 1.09 bits per heavy atom. The van der Waals surface area contributed by atoms with E-state index < -0.39 is 0 Å². The molecular weight excluding hydrogens is 461 g/mol. The van der Waals surface area contributed by atoms with Crippen LogP contribution in [0.5, 0.6) is 0 Å². The van der Waals surface area contributed by atoms with Crippen LogP contribution in [0.25, 0.3) is 5.69 Å². The normalized spacial score (nSPS) is 20.9. The molecule has 2 aliphatic heterocycles. The Kier molecular flexibility index (Phi) is 7.13. The maximum atomic E-state index is 14.8. The maximum absolute atomic E-state index is 14.8. The van der Waals surface area contributed by atoms with E-state index in [1.165, 1.54) is 6.07 Å². The number of benzene rings is 1. The number of aryl methyl sites for hydroxylation is 1. The van der Waals surface area contributed by atoms with E-state index in [1.807, 2.05) is 48.0 Å². The molecule has 0 unspecified atom stereocenters. The molecule has 2 saturated heterocycles. The Hall–Kier alpha value is -2.81. The van der Waals surface area contributed by atoms with Gasteiger partial charge in [-0.2, -0.15) is 0 Å². The van der Waals surface area contributed by atoms with Gasteiger partial charge < -0.3 is 19.5 Å². The number of ether oxygens (including phenoxy) is 1. The maximum Gasteiger partial charge on any atom is 0.170 e. The third-order valence-electron chi connectivity index (χ3n) is 7.06. The number of morpholine rings is 1. The van der Waals surface area contributed by atoms with Crippen LogP contribution in [0.15, 0.2) is 54.7 Å². The van der Waals surface area contributed by atoms with Gasteiger partial charge in [-0.25, -0.2) is 4.39 Å². The van der Waals surface area contributed by atoms with Crippen LogP contribution in [0.4, 0.5) is 4.39 Å². The molecule has 35 heavy (non-hydrogen) atoms. The van der Waals surface area contributed by atoms with Crippen molar-refractivity contribution < 1.29 is 9.13 Å². The second-order valence-corrected chi connectivity index (χ2v) is 9.63. The summed E-state index contributed by atoms with van der Waals surface area (Å²) in [5.41, 5.74) is 4.67. The van der Waals surface area contributed by atoms with Crippen LogP contribution >= 0.6 is 12.2 Å². The first-order chi connectivity index (χ1) is 17.0. The van der Waals surface area contributed by atoms with Crippen LogP contribution in [0, 0.1) is 19.7 Å². The monoisotopic (exact) mass is 493 g/mol. The third-order valence-corrected chi connectivity index (χ3v) is 7.41. The molecule has 0 amide bonds. The van der Waals surface area contributed by atoms with E-state index in [0.717, 1.165) is 73.6 Å². The van der Waals surface area contributed by atoms with E-state index >= 15 is 0 Å². The van der Waals surface area contributed by atoms with Crippen molar-refractivity contribution in [2.75, 3.05) is 39.4 Å². The zero-order chi connectivity index (χ0) is 24.4. The Balaban J connectivity index is 1.48. The van der Waals surface area contributed by atoms with Crippen molar-refractivity contribution in [3.63, 3.8) is 0 Å². The fraction of sp³-hybridized carbons (Fsp3) is 0.407. The highest BCUT2D eigenvalue weighted by molar-refractivity contribution is 7.80. The molecule has 2 aliphatic rings. The van der Waals surface area contributed by atoms with Crippen molar-refractivity contribution in [2.45, 2.75) is 32.4 Å². The lowest BCUT2D eigenvalue weighted by atomic mass is 9.96. The Morgan fingerprint density at radius 3 is 2.60 bits per heavy atom. The van der Waals surface area contributed by atoms with Crippen molar-refractivity contribution in [1.29, 1.82) is 0 Å². The molecule has 6 nitrogen and oxygen atoms in total. The SMILES string of the molecule is Cc1cc([C@@H]2[C@@H](c3ccccn3)NC(=S)N2CCCN2CCOCC2)c(C)n1-c1ccccc1F. The lowest BCUT2D eigenvalue weighted by molar-refractivity contribution is 0.0365. The third kappa shape index (κ3) is 4.83. The van der Waals surface area contributed by atoms with Crippen LogP contribution in [-0.4, -0.2) is 63.9 Å². The summed E-state index contributed by atoms with van der Waals surface area (Å²) in [5.74, 6) is -0.232. The first-order valence-corrected chi connectivity index (χ1v) is 12.7. The lowest BCUT2D eigenvalue weighted by Crippen LogP contribution is -2.39. The van der Waals surface area contributed by atoms with Crippen molar-refractivity contribution in [3.8, 4) is 5.69 Å². The molecular formula is C27H32FN5OS. The van der Waals surface area contributed by atoms with Gasteiger partial charge in [0.2, 0.25) is 0 Å². The number of pyridine rings is 1. The van der Waals surface area contributed by atoms with Gasteiger partial charge in [0.05, 0.1) is 36.7 Å². The topological polar surface area (TPSA) is 45.6 Å². The molecule has 2 aromatic heterocycles. The highest BCUT2D eigenvalue weighted by atomic mass is 32.1. The van der Waals surface area contributed by atoms with Gasteiger partial charge in [0.1, 0.15) is 5.82 Å². The molecule has 0 radical (unpaired) electrons. The predicted molar refractivity (Wildman–Crippen MR) is 139 cm³/mol. The number of thiocarbonyl (C=S) groups is 1. The van der Waals surface area contributed by atoms with Gasteiger partial charge in [-0.15, -0.1) is 0 Å². The summed E-state index contributed by atoms with van der Waals surface area (Å²) in [6.07, 6.45) is 2.82. The van der Waals surface area contributed by atoms with E-state index in [0.29, 0.717) is 5.69 Å². The lowest BCUT2D eigenvalue weighted by Gasteiger charge is -2.30. The van der Waals surface area contributed by atoms with Crippen LogP contribution in [0.3, 0.4) is 0 Å². The first-order valence-electron chi connectivity index (χ1n) is 12.3. The number of nitrogens with zero attached hydrogens (tertiary/aromatic N) is 4.